The van der Waals surface area contributed by atoms with Gasteiger partial charge in [-0.15, -0.1) is 35.0 Å². The lowest BCUT2D eigenvalue weighted by atomic mass is 10.0. The minimum atomic E-state index is 0. The molecule has 1 saturated heterocycles. The lowest BCUT2D eigenvalue weighted by Gasteiger charge is -2.36. The van der Waals surface area contributed by atoms with Crippen LogP contribution >= 0.6 is 24.8 Å². The van der Waals surface area contributed by atoms with Gasteiger partial charge in [0, 0.05) is 31.7 Å². The lowest BCUT2D eigenvalue weighted by Crippen LogP contribution is -2.53. The normalized spacial score (nSPS) is 15.6. The van der Waals surface area contributed by atoms with Crippen LogP contribution in [0.1, 0.15) is 19.7 Å². The molecule has 0 bridgehead atoms. The van der Waals surface area contributed by atoms with Crippen LogP contribution in [0.2, 0.25) is 0 Å². The van der Waals surface area contributed by atoms with Gasteiger partial charge in [0.1, 0.15) is 23.0 Å². The smallest absolute Gasteiger partial charge is 0.151 e. The first kappa shape index (κ1) is 25.5. The van der Waals surface area contributed by atoms with Crippen molar-refractivity contribution in [2.75, 3.05) is 29.9 Å². The first-order chi connectivity index (χ1) is 14.5. The summed E-state index contributed by atoms with van der Waals surface area (Å²) >= 11 is 0. The summed E-state index contributed by atoms with van der Waals surface area (Å²) in [5, 5.41) is 25.8. The summed E-state index contributed by atoms with van der Waals surface area (Å²) in [6, 6.07) is 5.81. The van der Waals surface area contributed by atoms with Crippen molar-refractivity contribution in [3.05, 3.63) is 42.6 Å². The molecule has 32 heavy (non-hydrogen) atoms. The molecule has 0 unspecified atom stereocenters. The molecule has 3 N–H and O–H groups in total. The van der Waals surface area contributed by atoms with E-state index >= 15 is 0 Å². The molecule has 0 saturated carbocycles. The van der Waals surface area contributed by atoms with Crippen molar-refractivity contribution in [2.24, 2.45) is 5.92 Å². The third kappa shape index (κ3) is 5.93. The van der Waals surface area contributed by atoms with E-state index in [4.69, 9.17) is 0 Å². The second-order valence-corrected chi connectivity index (χ2v) is 7.76. The van der Waals surface area contributed by atoms with Crippen LogP contribution in [0.5, 0.6) is 5.75 Å². The van der Waals surface area contributed by atoms with E-state index in [1.807, 2.05) is 19.1 Å². The minimum absolute atomic E-state index is 0. The molecular weight excluding hydrogens is 451 g/mol. The molecule has 0 radical (unpaired) electrons. The standard InChI is InChI=1S/C21H26N8O.2ClH/c1-13(2)18-12-29(7-6-22-18)20-5-4-17(27-28-20)21-19(30)8-15(9-25-21)26-16-10-23-14(3)24-11-16;;/h4-5,8-11,13,18,22,26,30H,6-7,12H2,1-3H3;2*1H/t18-;;/m0../s1. The zero-order valence-electron chi connectivity index (χ0n) is 18.2. The summed E-state index contributed by atoms with van der Waals surface area (Å²) in [5.74, 6) is 2.11. The van der Waals surface area contributed by atoms with Crippen molar-refractivity contribution in [3.8, 4) is 17.1 Å². The first-order valence-electron chi connectivity index (χ1n) is 10.1. The molecule has 4 rings (SSSR count). The Bertz CT molecular complexity index is 1000. The van der Waals surface area contributed by atoms with Crippen LogP contribution in [0.15, 0.2) is 36.8 Å². The number of rotatable bonds is 5. The minimum Gasteiger partial charge on any atom is -0.506 e. The third-order valence-electron chi connectivity index (χ3n) is 5.16. The van der Waals surface area contributed by atoms with Crippen LogP contribution in [-0.2, 0) is 0 Å². The number of nitrogens with one attached hydrogen (secondary N) is 2. The molecule has 3 aromatic heterocycles. The van der Waals surface area contributed by atoms with E-state index in [1.54, 1.807) is 24.7 Å². The average Bonchev–Trinajstić information content (AvgIpc) is 2.76. The fourth-order valence-electron chi connectivity index (χ4n) is 3.40. The molecule has 0 aromatic carbocycles. The molecule has 3 aromatic rings. The maximum absolute atomic E-state index is 10.5. The summed E-state index contributed by atoms with van der Waals surface area (Å²) in [5.41, 5.74) is 2.26. The summed E-state index contributed by atoms with van der Waals surface area (Å²) in [6.45, 7) is 8.98. The predicted octanol–water partition coefficient (Wildman–Crippen LogP) is 3.36. The number of piperazine rings is 1. The zero-order chi connectivity index (χ0) is 21.1. The SMILES string of the molecule is Cc1ncc(Nc2cnc(-c3ccc(N4CCN[C@H](C(C)C)C4)nn3)c(O)c2)cn1.Cl.Cl. The Morgan fingerprint density at radius 1 is 1.06 bits per heavy atom. The van der Waals surface area contributed by atoms with Gasteiger partial charge in [-0.1, -0.05) is 13.8 Å². The highest BCUT2D eigenvalue weighted by atomic mass is 35.5. The van der Waals surface area contributed by atoms with E-state index in [1.165, 1.54) is 0 Å². The van der Waals surface area contributed by atoms with Gasteiger partial charge in [-0.05, 0) is 25.0 Å². The number of pyridine rings is 1. The number of anilines is 3. The van der Waals surface area contributed by atoms with Crippen LogP contribution in [0.4, 0.5) is 17.2 Å². The number of aromatic hydroxyl groups is 1. The van der Waals surface area contributed by atoms with Crippen molar-refractivity contribution in [3.63, 3.8) is 0 Å². The zero-order valence-corrected chi connectivity index (χ0v) is 19.8. The van der Waals surface area contributed by atoms with Gasteiger partial charge in [-0.25, -0.2) is 15.0 Å². The summed E-state index contributed by atoms with van der Waals surface area (Å²) < 4.78 is 0. The highest BCUT2D eigenvalue weighted by molar-refractivity contribution is 5.85. The number of halogens is 2. The van der Waals surface area contributed by atoms with E-state index in [9.17, 15) is 5.11 Å². The first-order valence-corrected chi connectivity index (χ1v) is 10.1. The van der Waals surface area contributed by atoms with E-state index in [-0.39, 0.29) is 30.6 Å². The van der Waals surface area contributed by atoms with Crippen LogP contribution in [0.25, 0.3) is 11.4 Å². The molecule has 172 valence electrons. The Hall–Kier alpha value is -2.75. The highest BCUT2D eigenvalue weighted by Gasteiger charge is 2.23. The molecule has 9 nitrogen and oxygen atoms in total. The number of hydrogen-bond donors (Lipinski definition) is 3. The van der Waals surface area contributed by atoms with Gasteiger partial charge in [0.25, 0.3) is 0 Å². The largest absolute Gasteiger partial charge is 0.506 e. The molecule has 0 amide bonds. The third-order valence-corrected chi connectivity index (χ3v) is 5.16. The monoisotopic (exact) mass is 478 g/mol. The highest BCUT2D eigenvalue weighted by Crippen LogP contribution is 2.29. The summed E-state index contributed by atoms with van der Waals surface area (Å²) in [6.07, 6.45) is 4.99. The summed E-state index contributed by atoms with van der Waals surface area (Å²) in [7, 11) is 0. The average molecular weight is 479 g/mol. The van der Waals surface area contributed by atoms with Gasteiger partial charge in [-0.2, -0.15) is 0 Å². The van der Waals surface area contributed by atoms with E-state index in [0.29, 0.717) is 34.9 Å². The van der Waals surface area contributed by atoms with Crippen molar-refractivity contribution in [1.29, 1.82) is 0 Å². The molecule has 0 spiro atoms. The van der Waals surface area contributed by atoms with Gasteiger partial charge in [-0.3, -0.25) is 0 Å². The molecule has 11 heteroatoms. The van der Waals surface area contributed by atoms with Gasteiger partial charge < -0.3 is 20.6 Å². The Morgan fingerprint density at radius 2 is 1.78 bits per heavy atom. The Labute approximate surface area is 199 Å². The number of aromatic nitrogens is 5. The van der Waals surface area contributed by atoms with Crippen molar-refractivity contribution in [2.45, 2.75) is 26.8 Å². The Morgan fingerprint density at radius 3 is 2.41 bits per heavy atom. The number of hydrogen-bond acceptors (Lipinski definition) is 9. The number of aryl methyl sites for hydroxylation is 1. The molecule has 1 fully saturated rings. The van der Waals surface area contributed by atoms with Gasteiger partial charge in [0.05, 0.1) is 30.0 Å². The molecule has 1 aliphatic heterocycles. The molecular formula is C21H28Cl2N8O. The van der Waals surface area contributed by atoms with Gasteiger partial charge in [0.2, 0.25) is 0 Å². The molecule has 0 aliphatic carbocycles. The van der Waals surface area contributed by atoms with Gasteiger partial charge in [0.15, 0.2) is 5.82 Å². The van der Waals surface area contributed by atoms with E-state index < -0.39 is 0 Å². The molecule has 1 aliphatic rings. The van der Waals surface area contributed by atoms with Crippen molar-refractivity contribution in [1.82, 2.24) is 30.5 Å². The fraction of sp³-hybridized carbons (Fsp3) is 0.381. The Kier molecular flexibility index (Phi) is 8.94. The van der Waals surface area contributed by atoms with Crippen molar-refractivity contribution < 1.29 is 5.11 Å². The molecule has 4 heterocycles. The predicted molar refractivity (Wildman–Crippen MR) is 130 cm³/mol. The van der Waals surface area contributed by atoms with Crippen LogP contribution in [0, 0.1) is 12.8 Å². The van der Waals surface area contributed by atoms with Crippen LogP contribution in [0.3, 0.4) is 0 Å². The maximum atomic E-state index is 10.5. The second-order valence-electron chi connectivity index (χ2n) is 7.76. The fourth-order valence-corrected chi connectivity index (χ4v) is 3.40. The lowest BCUT2D eigenvalue weighted by molar-refractivity contribution is 0.367. The van der Waals surface area contributed by atoms with Gasteiger partial charge >= 0.3 is 0 Å². The quantitative estimate of drug-likeness (QED) is 0.507. The maximum Gasteiger partial charge on any atom is 0.151 e. The molecule has 1 atom stereocenters. The number of nitrogens with zero attached hydrogens (tertiary/aromatic N) is 6. The topological polar surface area (TPSA) is 112 Å². The van der Waals surface area contributed by atoms with E-state index in [0.717, 1.165) is 31.1 Å². The van der Waals surface area contributed by atoms with Crippen LogP contribution < -0.4 is 15.5 Å². The second kappa shape index (κ2) is 11.2. The van der Waals surface area contributed by atoms with E-state index in [2.05, 4.69) is 54.5 Å². The Balaban J connectivity index is 0.00000181. The van der Waals surface area contributed by atoms with Crippen LogP contribution in [-0.4, -0.2) is 55.9 Å². The summed E-state index contributed by atoms with van der Waals surface area (Å²) in [4.78, 5) is 14.9. The van der Waals surface area contributed by atoms with Crippen molar-refractivity contribution >= 4 is 42.0 Å².